The third kappa shape index (κ3) is 6.62. The van der Waals surface area contributed by atoms with Gasteiger partial charge in [0, 0.05) is 6.42 Å². The Bertz CT molecular complexity index is 352. The van der Waals surface area contributed by atoms with E-state index in [1.165, 1.54) is 0 Å². The van der Waals surface area contributed by atoms with Gasteiger partial charge in [0.15, 0.2) is 0 Å². The first-order chi connectivity index (χ1) is 8.01. The van der Waals surface area contributed by atoms with Crippen LogP contribution in [0.5, 0.6) is 0 Å². The summed E-state index contributed by atoms with van der Waals surface area (Å²) in [5.74, 6) is 3.56. The first-order valence-electron chi connectivity index (χ1n) is 4.49. The predicted molar refractivity (Wildman–Crippen MR) is 56.8 cm³/mol. The van der Waals surface area contributed by atoms with Crippen LogP contribution in [0.4, 0.5) is 4.79 Å². The van der Waals surface area contributed by atoms with E-state index in [0.29, 0.717) is 6.29 Å². The molecule has 0 rings (SSSR count). The van der Waals surface area contributed by atoms with E-state index in [4.69, 9.17) is 11.6 Å². The molecule has 7 N–H and O–H groups in total. The molecule has 0 heterocycles. The van der Waals surface area contributed by atoms with Crippen LogP contribution in [0.25, 0.3) is 0 Å². The van der Waals surface area contributed by atoms with Crippen molar-refractivity contribution in [2.45, 2.75) is 6.42 Å². The molecule has 0 aromatic rings. The molecular weight excluding hydrogens is 230 g/mol. The van der Waals surface area contributed by atoms with Gasteiger partial charge < -0.3 is 21.2 Å². The van der Waals surface area contributed by atoms with Crippen molar-refractivity contribution < 1.29 is 19.2 Å². The molecule has 17 heavy (non-hydrogen) atoms. The summed E-state index contributed by atoms with van der Waals surface area (Å²) in [5, 5.41) is 4.24. The van der Waals surface area contributed by atoms with E-state index in [1.54, 1.807) is 5.43 Å². The maximum Gasteiger partial charge on any atom is 0.316 e. The van der Waals surface area contributed by atoms with Gasteiger partial charge in [0.2, 0.25) is 5.91 Å². The number of nitrogens with two attached hydrogens (primary N) is 2. The molecule has 0 aliphatic rings. The summed E-state index contributed by atoms with van der Waals surface area (Å²) in [6.07, 6.45) is 1.42. The minimum Gasteiger partial charge on any atom is -0.351 e. The van der Waals surface area contributed by atoms with Crippen LogP contribution >= 0.6 is 0 Å². The van der Waals surface area contributed by atoms with Crippen LogP contribution in [0, 0.1) is 0 Å². The predicted octanol–water partition coefficient (Wildman–Crippen LogP) is -2.77. The number of primary amides is 1. The second-order valence-electron chi connectivity index (χ2n) is 2.76. The van der Waals surface area contributed by atoms with Crippen LogP contribution in [0.3, 0.4) is 0 Å². The highest BCUT2D eigenvalue weighted by molar-refractivity contribution is 5.97. The summed E-state index contributed by atoms with van der Waals surface area (Å²) in [5.41, 5.74) is 6.34. The number of nitrogens with one attached hydrogen (secondary N) is 3. The molecule has 0 radical (unpaired) electrons. The second-order valence-corrected chi connectivity index (χ2v) is 2.76. The van der Waals surface area contributed by atoms with Crippen molar-refractivity contribution in [3.63, 3.8) is 0 Å². The summed E-state index contributed by atoms with van der Waals surface area (Å²) < 4.78 is 0. The lowest BCUT2D eigenvalue weighted by atomic mass is 10.3. The normalized spacial score (nSPS) is 10.3. The van der Waals surface area contributed by atoms with Crippen LogP contribution in [0.15, 0.2) is 11.8 Å². The van der Waals surface area contributed by atoms with Gasteiger partial charge >= 0.3 is 6.03 Å². The maximum atomic E-state index is 11.1. The van der Waals surface area contributed by atoms with Crippen molar-refractivity contribution in [3.05, 3.63) is 11.8 Å². The first-order valence-corrected chi connectivity index (χ1v) is 4.49. The van der Waals surface area contributed by atoms with Crippen LogP contribution in [-0.4, -0.2) is 30.7 Å². The van der Waals surface area contributed by atoms with Crippen LogP contribution in [0.1, 0.15) is 6.42 Å². The summed E-state index contributed by atoms with van der Waals surface area (Å²) in [6, 6.07) is -0.965. The fraction of sp³-hybridized carbons (Fsp3) is 0.250. The molecule has 9 nitrogen and oxygen atoms in total. The fourth-order valence-electron chi connectivity index (χ4n) is 0.833. The van der Waals surface area contributed by atoms with Gasteiger partial charge in [-0.15, -0.1) is 0 Å². The average Bonchev–Trinajstić information content (AvgIpc) is 2.30. The lowest BCUT2D eigenvalue weighted by Gasteiger charge is -2.05. The number of urea groups is 1. The Kier molecular flexibility index (Phi) is 6.71. The monoisotopic (exact) mass is 243 g/mol. The molecule has 0 unspecified atom stereocenters. The largest absolute Gasteiger partial charge is 0.351 e. The van der Waals surface area contributed by atoms with Crippen LogP contribution in [0.2, 0.25) is 0 Å². The van der Waals surface area contributed by atoms with Crippen LogP contribution in [-0.2, 0) is 14.4 Å². The number of carbonyl (C=O) groups excluding carboxylic acids is 4. The Balaban J connectivity index is 4.47. The molecular formula is C8H13N5O4. The fourth-order valence-corrected chi connectivity index (χ4v) is 0.833. The third-order valence-electron chi connectivity index (χ3n) is 1.51. The van der Waals surface area contributed by atoms with Crippen LogP contribution < -0.4 is 27.6 Å². The Morgan fingerprint density at radius 2 is 1.88 bits per heavy atom. The zero-order valence-electron chi connectivity index (χ0n) is 8.86. The molecule has 0 saturated heterocycles. The number of aldehydes is 1. The number of amides is 4. The smallest absolute Gasteiger partial charge is 0.316 e. The van der Waals surface area contributed by atoms with E-state index in [0.717, 1.165) is 6.08 Å². The molecule has 4 amide bonds. The molecule has 0 spiro atoms. The van der Waals surface area contributed by atoms with E-state index in [1.807, 2.05) is 5.32 Å². The third-order valence-corrected chi connectivity index (χ3v) is 1.51. The first kappa shape index (κ1) is 14.6. The zero-order valence-corrected chi connectivity index (χ0v) is 8.86. The topological polar surface area (TPSA) is 156 Å². The molecule has 94 valence electrons. The van der Waals surface area contributed by atoms with Gasteiger partial charge in [-0.25, -0.2) is 10.6 Å². The minimum absolute atomic E-state index is 0.131. The molecule has 0 fully saturated rings. The molecule has 0 aromatic heterocycles. The number of carbonyl (C=O) groups is 4. The SMILES string of the molecule is NNC(=O)/C(=C\CC(=O)NCC=O)NC(N)=O. The van der Waals surface area contributed by atoms with E-state index in [2.05, 4.69) is 5.32 Å². The number of hydrogen-bond donors (Lipinski definition) is 5. The van der Waals surface area contributed by atoms with Gasteiger partial charge in [0.1, 0.15) is 12.0 Å². The van der Waals surface area contributed by atoms with E-state index in [-0.39, 0.29) is 18.7 Å². The Hall–Kier alpha value is -2.42. The number of hydrazine groups is 1. The summed E-state index contributed by atoms with van der Waals surface area (Å²) in [4.78, 5) is 42.7. The number of hydrogen-bond acceptors (Lipinski definition) is 5. The van der Waals surface area contributed by atoms with Gasteiger partial charge in [-0.3, -0.25) is 15.0 Å². The highest BCUT2D eigenvalue weighted by Gasteiger charge is 2.10. The van der Waals surface area contributed by atoms with Gasteiger partial charge in [-0.05, 0) is 6.08 Å². The van der Waals surface area contributed by atoms with Crippen molar-refractivity contribution in [3.8, 4) is 0 Å². The highest BCUT2D eigenvalue weighted by atomic mass is 16.2. The van der Waals surface area contributed by atoms with Gasteiger partial charge in [0.05, 0.1) is 6.54 Å². The minimum atomic E-state index is -0.965. The van der Waals surface area contributed by atoms with Crippen molar-refractivity contribution >= 4 is 24.1 Å². The second kappa shape index (κ2) is 7.82. The lowest BCUT2D eigenvalue weighted by Crippen LogP contribution is -2.40. The quantitative estimate of drug-likeness (QED) is 0.112. The maximum absolute atomic E-state index is 11.1. The summed E-state index contributed by atoms with van der Waals surface area (Å²) >= 11 is 0. The van der Waals surface area contributed by atoms with Gasteiger partial charge in [-0.1, -0.05) is 0 Å². The molecule has 0 aliphatic heterocycles. The van der Waals surface area contributed by atoms with Crippen molar-refractivity contribution in [2.75, 3.05) is 6.54 Å². The Morgan fingerprint density at radius 3 is 2.35 bits per heavy atom. The highest BCUT2D eigenvalue weighted by Crippen LogP contribution is 1.92. The Labute approximate surface area is 96.5 Å². The molecule has 0 saturated carbocycles. The molecule has 0 atom stereocenters. The van der Waals surface area contributed by atoms with Crippen molar-refractivity contribution in [1.82, 2.24) is 16.1 Å². The molecule has 0 aromatic carbocycles. The van der Waals surface area contributed by atoms with E-state index < -0.39 is 17.8 Å². The van der Waals surface area contributed by atoms with Crippen molar-refractivity contribution in [1.29, 1.82) is 0 Å². The Morgan fingerprint density at radius 1 is 1.24 bits per heavy atom. The summed E-state index contributed by atoms with van der Waals surface area (Å²) in [6.45, 7) is -0.131. The van der Waals surface area contributed by atoms with Gasteiger partial charge in [-0.2, -0.15) is 0 Å². The zero-order chi connectivity index (χ0) is 13.3. The lowest BCUT2D eigenvalue weighted by molar-refractivity contribution is -0.121. The van der Waals surface area contributed by atoms with E-state index >= 15 is 0 Å². The average molecular weight is 243 g/mol. The molecule has 9 heteroatoms. The van der Waals surface area contributed by atoms with E-state index in [9.17, 15) is 19.2 Å². The van der Waals surface area contributed by atoms with Crippen molar-refractivity contribution in [2.24, 2.45) is 11.6 Å². The summed E-state index contributed by atoms with van der Waals surface area (Å²) in [7, 11) is 0. The number of rotatable bonds is 6. The molecule has 0 bridgehead atoms. The van der Waals surface area contributed by atoms with Gasteiger partial charge in [0.25, 0.3) is 5.91 Å². The standard InChI is InChI=1S/C8H13N5O4/c9-8(17)12-5(7(16)13-10)1-2-6(15)11-3-4-14/h1,4H,2-3,10H2,(H,11,15)(H,13,16)(H3,9,12,17)/b5-1+. The molecule has 0 aliphatic carbocycles.